The average molecular weight is 273 g/mol. The summed E-state index contributed by atoms with van der Waals surface area (Å²) in [4.78, 5) is 0. The van der Waals surface area contributed by atoms with Crippen molar-refractivity contribution in [2.24, 2.45) is 5.73 Å². The number of fused-ring (bicyclic) bond motifs is 1. The highest BCUT2D eigenvalue weighted by molar-refractivity contribution is 5.44. The highest BCUT2D eigenvalue weighted by atomic mass is 19.1. The molecule has 3 nitrogen and oxygen atoms in total. The van der Waals surface area contributed by atoms with Crippen LogP contribution in [0.2, 0.25) is 0 Å². The molecule has 4 heteroatoms. The maximum Gasteiger partial charge on any atom is 0.165 e. The van der Waals surface area contributed by atoms with E-state index in [-0.39, 0.29) is 11.8 Å². The third-order valence-electron chi connectivity index (χ3n) is 3.61. The van der Waals surface area contributed by atoms with Gasteiger partial charge in [-0.2, -0.15) is 0 Å². The Hall–Kier alpha value is -2.07. The Balaban J connectivity index is 1.92. The van der Waals surface area contributed by atoms with Gasteiger partial charge in [-0.25, -0.2) is 4.39 Å². The van der Waals surface area contributed by atoms with Crippen LogP contribution in [-0.2, 0) is 6.42 Å². The minimum atomic E-state index is -0.398. The van der Waals surface area contributed by atoms with Crippen LogP contribution in [0.1, 0.15) is 22.7 Å². The molecule has 0 spiro atoms. The zero-order valence-electron chi connectivity index (χ0n) is 11.2. The first-order valence-electron chi connectivity index (χ1n) is 6.53. The normalized spacial score (nSPS) is 14.6. The van der Waals surface area contributed by atoms with Crippen LogP contribution >= 0.6 is 0 Å². The Morgan fingerprint density at radius 3 is 2.70 bits per heavy atom. The molecule has 0 bridgehead atoms. The average Bonchev–Trinajstić information content (AvgIpc) is 2.93. The molecular formula is C16H16FNO2. The van der Waals surface area contributed by atoms with E-state index >= 15 is 0 Å². The summed E-state index contributed by atoms with van der Waals surface area (Å²) in [5, 5.41) is 0. The topological polar surface area (TPSA) is 44.5 Å². The number of hydrogen-bond donors (Lipinski definition) is 1. The van der Waals surface area contributed by atoms with Crippen molar-refractivity contribution in [3.63, 3.8) is 0 Å². The first-order valence-corrected chi connectivity index (χ1v) is 6.53. The Bertz CT molecular complexity index is 642. The summed E-state index contributed by atoms with van der Waals surface area (Å²) >= 11 is 0. The second-order valence-electron chi connectivity index (χ2n) is 4.84. The van der Waals surface area contributed by atoms with Gasteiger partial charge in [0.1, 0.15) is 5.75 Å². The molecule has 0 amide bonds. The molecule has 1 heterocycles. The van der Waals surface area contributed by atoms with Gasteiger partial charge < -0.3 is 15.2 Å². The van der Waals surface area contributed by atoms with Crippen molar-refractivity contribution in [3.8, 4) is 11.5 Å². The smallest absolute Gasteiger partial charge is 0.165 e. The van der Waals surface area contributed by atoms with Crippen LogP contribution < -0.4 is 15.2 Å². The summed E-state index contributed by atoms with van der Waals surface area (Å²) in [6, 6.07) is 10.3. The van der Waals surface area contributed by atoms with E-state index in [0.717, 1.165) is 28.9 Å². The van der Waals surface area contributed by atoms with Crippen molar-refractivity contribution in [1.29, 1.82) is 0 Å². The van der Waals surface area contributed by atoms with Crippen molar-refractivity contribution < 1.29 is 13.9 Å². The zero-order chi connectivity index (χ0) is 14.1. The lowest BCUT2D eigenvalue weighted by atomic mass is 9.97. The molecule has 0 radical (unpaired) electrons. The third kappa shape index (κ3) is 2.23. The quantitative estimate of drug-likeness (QED) is 0.935. The van der Waals surface area contributed by atoms with Gasteiger partial charge in [-0.15, -0.1) is 0 Å². The van der Waals surface area contributed by atoms with Crippen LogP contribution in [0.4, 0.5) is 4.39 Å². The summed E-state index contributed by atoms with van der Waals surface area (Å²) in [7, 11) is 1.44. The number of halogens is 1. The molecule has 0 aliphatic carbocycles. The van der Waals surface area contributed by atoms with E-state index in [1.165, 1.54) is 13.2 Å². The second kappa shape index (κ2) is 5.13. The summed E-state index contributed by atoms with van der Waals surface area (Å²) in [6.07, 6.45) is 0.896. The van der Waals surface area contributed by atoms with Gasteiger partial charge in [-0.05, 0) is 34.9 Å². The highest BCUT2D eigenvalue weighted by Crippen LogP contribution is 2.30. The molecule has 1 atom stereocenters. The summed E-state index contributed by atoms with van der Waals surface area (Å²) in [6.45, 7) is 0.713. The monoisotopic (exact) mass is 273 g/mol. The largest absolute Gasteiger partial charge is 0.494 e. The summed E-state index contributed by atoms with van der Waals surface area (Å²) in [5.41, 5.74) is 9.06. The fourth-order valence-corrected chi connectivity index (χ4v) is 2.47. The van der Waals surface area contributed by atoms with Crippen molar-refractivity contribution in [1.82, 2.24) is 0 Å². The molecular weight excluding hydrogens is 257 g/mol. The lowest BCUT2D eigenvalue weighted by molar-refractivity contribution is 0.357. The molecule has 0 fully saturated rings. The molecule has 20 heavy (non-hydrogen) atoms. The fraction of sp³-hybridized carbons (Fsp3) is 0.250. The number of rotatable bonds is 3. The minimum absolute atomic E-state index is 0.225. The molecule has 2 N–H and O–H groups in total. The van der Waals surface area contributed by atoms with E-state index in [1.54, 1.807) is 12.1 Å². The van der Waals surface area contributed by atoms with E-state index in [2.05, 4.69) is 0 Å². The first-order chi connectivity index (χ1) is 9.69. The molecule has 2 aromatic carbocycles. The molecule has 0 saturated carbocycles. The molecule has 0 saturated heterocycles. The van der Waals surface area contributed by atoms with Gasteiger partial charge in [0.2, 0.25) is 0 Å². The summed E-state index contributed by atoms with van der Waals surface area (Å²) < 4.78 is 24.1. The molecule has 3 rings (SSSR count). The van der Waals surface area contributed by atoms with Gasteiger partial charge >= 0.3 is 0 Å². The first kappa shape index (κ1) is 12.9. The van der Waals surface area contributed by atoms with Gasteiger partial charge in [0.15, 0.2) is 11.6 Å². The van der Waals surface area contributed by atoms with E-state index < -0.39 is 5.82 Å². The zero-order valence-corrected chi connectivity index (χ0v) is 11.2. The van der Waals surface area contributed by atoms with Gasteiger partial charge in [0, 0.05) is 6.42 Å². The predicted molar refractivity (Wildman–Crippen MR) is 74.6 cm³/mol. The Morgan fingerprint density at radius 2 is 1.95 bits per heavy atom. The Labute approximate surface area is 117 Å². The Kier molecular flexibility index (Phi) is 3.32. The lowest BCUT2D eigenvalue weighted by Crippen LogP contribution is -2.12. The fourth-order valence-electron chi connectivity index (χ4n) is 2.47. The molecule has 2 aromatic rings. The van der Waals surface area contributed by atoms with Crippen LogP contribution in [0, 0.1) is 5.82 Å². The molecule has 1 aliphatic rings. The number of benzene rings is 2. The lowest BCUT2D eigenvalue weighted by Gasteiger charge is -2.14. The van der Waals surface area contributed by atoms with Crippen molar-refractivity contribution in [2.75, 3.05) is 13.7 Å². The van der Waals surface area contributed by atoms with E-state index in [0.29, 0.717) is 6.61 Å². The van der Waals surface area contributed by atoms with Gasteiger partial charge in [0.25, 0.3) is 0 Å². The minimum Gasteiger partial charge on any atom is -0.494 e. The van der Waals surface area contributed by atoms with Crippen molar-refractivity contribution >= 4 is 0 Å². The van der Waals surface area contributed by atoms with Crippen LogP contribution in [0.3, 0.4) is 0 Å². The predicted octanol–water partition coefficient (Wildman–Crippen LogP) is 2.82. The molecule has 1 unspecified atom stereocenters. The number of ether oxygens (including phenoxy) is 2. The third-order valence-corrected chi connectivity index (χ3v) is 3.61. The number of nitrogens with two attached hydrogens (primary N) is 1. The van der Waals surface area contributed by atoms with Crippen LogP contribution in [0.25, 0.3) is 0 Å². The maximum atomic E-state index is 13.7. The molecule has 0 aromatic heterocycles. The van der Waals surface area contributed by atoms with Crippen molar-refractivity contribution in [3.05, 3.63) is 58.9 Å². The molecule has 104 valence electrons. The number of hydrogen-bond acceptors (Lipinski definition) is 3. The maximum absolute atomic E-state index is 13.7. The van der Waals surface area contributed by atoms with E-state index in [1.807, 2.05) is 18.2 Å². The highest BCUT2D eigenvalue weighted by Gasteiger charge is 2.16. The Morgan fingerprint density at radius 1 is 1.20 bits per heavy atom. The molecule has 1 aliphatic heterocycles. The SMILES string of the molecule is COc1ccc(C(N)c2ccc3c(c2)CCO3)cc1F. The van der Waals surface area contributed by atoms with Gasteiger partial charge in [-0.1, -0.05) is 18.2 Å². The standard InChI is InChI=1S/C16H16FNO2/c1-19-15-5-3-12(9-13(15)17)16(18)11-2-4-14-10(8-11)6-7-20-14/h2-5,8-9,16H,6-7,18H2,1H3. The summed E-state index contributed by atoms with van der Waals surface area (Å²) in [5.74, 6) is 0.745. The van der Waals surface area contributed by atoms with Gasteiger partial charge in [-0.3, -0.25) is 0 Å². The van der Waals surface area contributed by atoms with E-state index in [4.69, 9.17) is 15.2 Å². The van der Waals surface area contributed by atoms with Crippen LogP contribution in [-0.4, -0.2) is 13.7 Å². The van der Waals surface area contributed by atoms with Crippen molar-refractivity contribution in [2.45, 2.75) is 12.5 Å². The number of methoxy groups -OCH3 is 1. The van der Waals surface area contributed by atoms with Crippen LogP contribution in [0.15, 0.2) is 36.4 Å². The second-order valence-corrected chi connectivity index (χ2v) is 4.84. The van der Waals surface area contributed by atoms with Gasteiger partial charge in [0.05, 0.1) is 19.8 Å². The van der Waals surface area contributed by atoms with E-state index in [9.17, 15) is 4.39 Å². The van der Waals surface area contributed by atoms with Crippen LogP contribution in [0.5, 0.6) is 11.5 Å².